The lowest BCUT2D eigenvalue weighted by Gasteiger charge is -2.05. The molecule has 0 bridgehead atoms. The number of thiazole rings is 1. The summed E-state index contributed by atoms with van der Waals surface area (Å²) in [4.78, 5) is 18.1. The number of rotatable bonds is 5. The molecule has 1 amide bonds. The number of aromatic nitrogens is 4. The summed E-state index contributed by atoms with van der Waals surface area (Å²) in [6.45, 7) is 0.121. The third kappa shape index (κ3) is 3.52. The molecule has 22 heavy (non-hydrogen) atoms. The second kappa shape index (κ2) is 6.71. The summed E-state index contributed by atoms with van der Waals surface area (Å²) in [5, 5.41) is 10.8. The van der Waals surface area contributed by atoms with E-state index in [1.54, 1.807) is 29.7 Å². The Kier molecular flexibility index (Phi) is 4.50. The van der Waals surface area contributed by atoms with E-state index in [0.29, 0.717) is 0 Å². The van der Waals surface area contributed by atoms with Gasteiger partial charge in [0, 0.05) is 16.8 Å². The molecule has 0 radical (unpaired) electrons. The first kappa shape index (κ1) is 14.7. The Balaban J connectivity index is 1.61. The van der Waals surface area contributed by atoms with Crippen LogP contribution >= 0.6 is 23.1 Å². The third-order valence-corrected chi connectivity index (χ3v) is 4.44. The molecular formula is C14H13N5OS2. The van der Waals surface area contributed by atoms with Crippen LogP contribution in [0.15, 0.2) is 47.1 Å². The molecule has 3 aromatic rings. The maximum Gasteiger partial charge on any atom is 0.246 e. The normalized spacial score (nSPS) is 10.6. The van der Waals surface area contributed by atoms with Crippen molar-refractivity contribution in [3.8, 4) is 10.6 Å². The molecule has 0 unspecified atom stereocenters. The fraction of sp³-hybridized carbons (Fsp3) is 0.143. The predicted octanol–water partition coefficient (Wildman–Crippen LogP) is 2.76. The highest BCUT2D eigenvalue weighted by atomic mass is 32.2. The van der Waals surface area contributed by atoms with E-state index in [0.717, 1.165) is 21.2 Å². The molecule has 2 aromatic heterocycles. The zero-order valence-corrected chi connectivity index (χ0v) is 13.4. The topological polar surface area (TPSA) is 72.7 Å². The van der Waals surface area contributed by atoms with E-state index in [9.17, 15) is 4.79 Å². The summed E-state index contributed by atoms with van der Waals surface area (Å²) in [5.74, 6) is -0.141. The second-order valence-electron chi connectivity index (χ2n) is 4.44. The van der Waals surface area contributed by atoms with Crippen LogP contribution in [0.2, 0.25) is 0 Å². The standard InChI is InChI=1S/C14H13N5OS2/c1-21-11-4-2-10(3-5-11)16-14(20)8-19-7-12(17-18-19)13-6-15-9-22-13/h2-7,9H,8H2,1H3,(H,16,20). The largest absolute Gasteiger partial charge is 0.324 e. The predicted molar refractivity (Wildman–Crippen MR) is 88.0 cm³/mol. The molecule has 0 aliphatic heterocycles. The van der Waals surface area contributed by atoms with Crippen LogP contribution < -0.4 is 5.32 Å². The van der Waals surface area contributed by atoms with Crippen molar-refractivity contribution in [3.63, 3.8) is 0 Å². The third-order valence-electron chi connectivity index (χ3n) is 2.90. The highest BCUT2D eigenvalue weighted by Crippen LogP contribution is 2.20. The Morgan fingerprint density at radius 3 is 2.86 bits per heavy atom. The highest BCUT2D eigenvalue weighted by molar-refractivity contribution is 7.98. The molecular weight excluding hydrogens is 318 g/mol. The molecule has 1 aromatic carbocycles. The number of amides is 1. The molecule has 0 spiro atoms. The lowest BCUT2D eigenvalue weighted by Crippen LogP contribution is -2.19. The van der Waals surface area contributed by atoms with Crippen LogP contribution in [-0.2, 0) is 11.3 Å². The van der Waals surface area contributed by atoms with Crippen LogP contribution in [0.5, 0.6) is 0 Å². The first-order chi connectivity index (χ1) is 10.7. The molecule has 0 atom stereocenters. The summed E-state index contributed by atoms with van der Waals surface area (Å²) in [6, 6.07) is 7.71. The number of nitrogens with zero attached hydrogens (tertiary/aromatic N) is 4. The molecule has 2 heterocycles. The molecule has 8 heteroatoms. The Hall–Kier alpha value is -2.19. The molecule has 0 saturated carbocycles. The minimum Gasteiger partial charge on any atom is -0.324 e. The Morgan fingerprint density at radius 1 is 1.36 bits per heavy atom. The molecule has 112 valence electrons. The van der Waals surface area contributed by atoms with Crippen LogP contribution in [0.4, 0.5) is 5.69 Å². The van der Waals surface area contributed by atoms with Gasteiger partial charge in [0.15, 0.2) is 0 Å². The average Bonchev–Trinajstić information content (AvgIpc) is 3.19. The monoisotopic (exact) mass is 331 g/mol. The lowest BCUT2D eigenvalue weighted by molar-refractivity contribution is -0.116. The average molecular weight is 331 g/mol. The zero-order chi connectivity index (χ0) is 15.4. The smallest absolute Gasteiger partial charge is 0.246 e. The van der Waals surface area contributed by atoms with E-state index in [2.05, 4.69) is 20.6 Å². The van der Waals surface area contributed by atoms with Gasteiger partial charge >= 0.3 is 0 Å². The maximum atomic E-state index is 12.0. The van der Waals surface area contributed by atoms with E-state index >= 15 is 0 Å². The van der Waals surface area contributed by atoms with Crippen LogP contribution in [0.3, 0.4) is 0 Å². The van der Waals surface area contributed by atoms with Crippen LogP contribution in [0.1, 0.15) is 0 Å². The van der Waals surface area contributed by atoms with Gasteiger partial charge in [0.2, 0.25) is 5.91 Å². The van der Waals surface area contributed by atoms with Crippen molar-refractivity contribution in [2.24, 2.45) is 0 Å². The fourth-order valence-corrected chi connectivity index (χ4v) is 2.83. The van der Waals surface area contributed by atoms with E-state index in [-0.39, 0.29) is 12.5 Å². The van der Waals surface area contributed by atoms with Gasteiger partial charge in [-0.15, -0.1) is 28.2 Å². The number of benzene rings is 1. The summed E-state index contributed by atoms with van der Waals surface area (Å²) in [5.41, 5.74) is 3.23. The lowest BCUT2D eigenvalue weighted by atomic mass is 10.3. The fourth-order valence-electron chi connectivity index (χ4n) is 1.85. The van der Waals surface area contributed by atoms with Gasteiger partial charge in [-0.25, -0.2) is 4.68 Å². The number of carbonyl (C=O) groups is 1. The van der Waals surface area contributed by atoms with Gasteiger partial charge in [0.1, 0.15) is 12.2 Å². The number of anilines is 1. The Labute approximate surface area is 135 Å². The Bertz CT molecular complexity index is 752. The van der Waals surface area contributed by atoms with Gasteiger partial charge in [-0.2, -0.15) is 0 Å². The van der Waals surface area contributed by atoms with Crippen molar-refractivity contribution in [1.82, 2.24) is 20.0 Å². The second-order valence-corrected chi connectivity index (χ2v) is 6.21. The summed E-state index contributed by atoms with van der Waals surface area (Å²) >= 11 is 3.15. The van der Waals surface area contributed by atoms with Gasteiger partial charge in [0.05, 0.1) is 16.6 Å². The quantitative estimate of drug-likeness (QED) is 0.728. The van der Waals surface area contributed by atoms with Crippen molar-refractivity contribution >= 4 is 34.7 Å². The van der Waals surface area contributed by atoms with Crippen molar-refractivity contribution in [3.05, 3.63) is 42.2 Å². The highest BCUT2D eigenvalue weighted by Gasteiger charge is 2.09. The molecule has 0 fully saturated rings. The number of nitrogens with one attached hydrogen (secondary N) is 1. The van der Waals surface area contributed by atoms with Crippen LogP contribution in [-0.4, -0.2) is 32.1 Å². The van der Waals surface area contributed by atoms with Gasteiger partial charge in [-0.3, -0.25) is 9.78 Å². The van der Waals surface area contributed by atoms with Crippen molar-refractivity contribution < 1.29 is 4.79 Å². The maximum absolute atomic E-state index is 12.0. The molecule has 0 aliphatic carbocycles. The number of carbonyl (C=O) groups excluding carboxylic acids is 1. The minimum absolute atomic E-state index is 0.121. The summed E-state index contributed by atoms with van der Waals surface area (Å²) in [7, 11) is 0. The van der Waals surface area contributed by atoms with Crippen molar-refractivity contribution in [1.29, 1.82) is 0 Å². The molecule has 1 N–H and O–H groups in total. The van der Waals surface area contributed by atoms with E-state index in [4.69, 9.17) is 0 Å². The summed E-state index contributed by atoms with van der Waals surface area (Å²) < 4.78 is 1.51. The minimum atomic E-state index is -0.141. The zero-order valence-electron chi connectivity index (χ0n) is 11.8. The molecule has 0 saturated heterocycles. The van der Waals surface area contributed by atoms with Gasteiger partial charge in [-0.05, 0) is 30.5 Å². The van der Waals surface area contributed by atoms with E-state index < -0.39 is 0 Å². The SMILES string of the molecule is CSc1ccc(NC(=O)Cn2cc(-c3cncs3)nn2)cc1. The first-order valence-corrected chi connectivity index (χ1v) is 8.58. The summed E-state index contributed by atoms with van der Waals surface area (Å²) in [6.07, 6.45) is 5.48. The number of hydrogen-bond donors (Lipinski definition) is 1. The first-order valence-electron chi connectivity index (χ1n) is 6.47. The molecule has 6 nitrogen and oxygen atoms in total. The van der Waals surface area contributed by atoms with Crippen LogP contribution in [0.25, 0.3) is 10.6 Å². The molecule has 0 aliphatic rings. The van der Waals surface area contributed by atoms with Crippen molar-refractivity contribution in [2.75, 3.05) is 11.6 Å². The van der Waals surface area contributed by atoms with E-state index in [1.807, 2.05) is 30.5 Å². The van der Waals surface area contributed by atoms with Gasteiger partial charge in [-0.1, -0.05) is 5.21 Å². The van der Waals surface area contributed by atoms with Crippen molar-refractivity contribution in [2.45, 2.75) is 11.4 Å². The van der Waals surface area contributed by atoms with E-state index in [1.165, 1.54) is 16.0 Å². The van der Waals surface area contributed by atoms with Crippen LogP contribution in [0, 0.1) is 0 Å². The Morgan fingerprint density at radius 2 is 2.18 bits per heavy atom. The van der Waals surface area contributed by atoms with Gasteiger partial charge < -0.3 is 5.32 Å². The van der Waals surface area contributed by atoms with Gasteiger partial charge in [0.25, 0.3) is 0 Å². The molecule has 3 rings (SSSR count). The number of hydrogen-bond acceptors (Lipinski definition) is 6. The number of thioether (sulfide) groups is 1.